The molecule has 3 N–H and O–H groups in total. The van der Waals surface area contributed by atoms with Gasteiger partial charge < -0.3 is 10.6 Å². The Morgan fingerprint density at radius 1 is 1.21 bits per heavy atom. The number of guanidine groups is 1. The van der Waals surface area contributed by atoms with Crippen LogP contribution < -0.4 is 15.4 Å². The zero-order chi connectivity index (χ0) is 17.1. The lowest BCUT2D eigenvalue weighted by Gasteiger charge is -2.18. The smallest absolute Gasteiger partial charge is 0.211 e. The Morgan fingerprint density at radius 3 is 2.46 bits per heavy atom. The number of benzene rings is 1. The molecule has 0 aliphatic rings. The van der Waals surface area contributed by atoms with E-state index in [0.29, 0.717) is 19.0 Å². The van der Waals surface area contributed by atoms with Crippen molar-refractivity contribution in [2.45, 2.75) is 32.7 Å². The van der Waals surface area contributed by atoms with Crippen molar-refractivity contribution < 1.29 is 8.42 Å². The average Bonchev–Trinajstić information content (AvgIpc) is 2.56. The molecule has 8 heteroatoms. The third-order valence-corrected chi connectivity index (χ3v) is 4.84. The van der Waals surface area contributed by atoms with Crippen molar-refractivity contribution in [3.05, 3.63) is 35.9 Å². The molecule has 0 aliphatic heterocycles. The van der Waals surface area contributed by atoms with Gasteiger partial charge in [-0.25, -0.2) is 13.1 Å². The quantitative estimate of drug-likeness (QED) is 0.223. The highest BCUT2D eigenvalue weighted by Crippen LogP contribution is 2.04. The van der Waals surface area contributed by atoms with E-state index in [-0.39, 0.29) is 35.8 Å². The summed E-state index contributed by atoms with van der Waals surface area (Å²) in [5, 5.41) is 6.42. The van der Waals surface area contributed by atoms with E-state index in [1.165, 1.54) is 5.56 Å². The maximum absolute atomic E-state index is 11.3. The molecular formula is C16H29IN4O2S. The van der Waals surface area contributed by atoms with Crippen LogP contribution in [0.15, 0.2) is 35.3 Å². The van der Waals surface area contributed by atoms with Crippen LogP contribution >= 0.6 is 24.0 Å². The lowest BCUT2D eigenvalue weighted by molar-refractivity contribution is 0.578. The highest BCUT2D eigenvalue weighted by Gasteiger charge is 2.07. The second-order valence-electron chi connectivity index (χ2n) is 5.37. The van der Waals surface area contributed by atoms with Gasteiger partial charge in [-0.05, 0) is 32.3 Å². The average molecular weight is 468 g/mol. The van der Waals surface area contributed by atoms with E-state index in [2.05, 4.69) is 39.4 Å². The molecule has 0 heterocycles. The molecule has 0 radical (unpaired) electrons. The number of sulfonamides is 1. The fourth-order valence-corrected chi connectivity index (χ4v) is 2.63. The Kier molecular flexibility index (Phi) is 12.0. The molecule has 138 valence electrons. The maximum atomic E-state index is 11.3. The molecular weight excluding hydrogens is 439 g/mol. The Balaban J connectivity index is 0.00000529. The van der Waals surface area contributed by atoms with Crippen molar-refractivity contribution in [1.82, 2.24) is 15.4 Å². The number of nitrogens with zero attached hydrogens (tertiary/aromatic N) is 1. The van der Waals surface area contributed by atoms with Crippen LogP contribution in [0.5, 0.6) is 0 Å². The Bertz CT molecular complexity index is 579. The fraction of sp³-hybridized carbons (Fsp3) is 0.562. The minimum Gasteiger partial charge on any atom is -0.355 e. The van der Waals surface area contributed by atoms with Crippen LogP contribution in [0.1, 0.15) is 25.8 Å². The van der Waals surface area contributed by atoms with Crippen LogP contribution in [0.25, 0.3) is 0 Å². The minimum atomic E-state index is -3.14. The van der Waals surface area contributed by atoms with Gasteiger partial charge in [-0.2, -0.15) is 0 Å². The van der Waals surface area contributed by atoms with E-state index in [1.54, 1.807) is 14.0 Å². The summed E-state index contributed by atoms with van der Waals surface area (Å²) in [6.45, 7) is 4.56. The number of aliphatic imine (C=N–C) groups is 1. The number of rotatable bonds is 9. The van der Waals surface area contributed by atoms with Gasteiger partial charge in [0.1, 0.15) is 0 Å². The van der Waals surface area contributed by atoms with E-state index in [4.69, 9.17) is 0 Å². The zero-order valence-corrected chi connectivity index (χ0v) is 17.7. The lowest BCUT2D eigenvalue weighted by atomic mass is 10.1. The van der Waals surface area contributed by atoms with Gasteiger partial charge in [0.05, 0.1) is 5.75 Å². The molecule has 0 aromatic heterocycles. The predicted molar refractivity (Wildman–Crippen MR) is 112 cm³/mol. The summed E-state index contributed by atoms with van der Waals surface area (Å²) in [5.41, 5.74) is 1.32. The lowest BCUT2D eigenvalue weighted by Crippen LogP contribution is -2.45. The standard InChI is InChI=1S/C16H28N4O2S.HI/c1-4-23(21,22)19-13-12-18-16(17-3)20-14(2)10-11-15-8-6-5-7-9-15;/h5-9,14,19H,4,10-13H2,1-3H3,(H2,17,18,20);1H. The van der Waals surface area contributed by atoms with Gasteiger partial charge in [0.15, 0.2) is 5.96 Å². The Labute approximate surface area is 163 Å². The summed E-state index contributed by atoms with van der Waals surface area (Å²) in [7, 11) is -1.43. The van der Waals surface area contributed by atoms with Crippen LogP contribution in [-0.4, -0.2) is 46.3 Å². The van der Waals surface area contributed by atoms with E-state index in [1.807, 2.05) is 18.2 Å². The monoisotopic (exact) mass is 468 g/mol. The number of hydrogen-bond donors (Lipinski definition) is 3. The first-order chi connectivity index (χ1) is 11.0. The molecule has 6 nitrogen and oxygen atoms in total. The van der Waals surface area contributed by atoms with E-state index >= 15 is 0 Å². The highest BCUT2D eigenvalue weighted by atomic mass is 127. The molecule has 0 saturated heterocycles. The van der Waals surface area contributed by atoms with Gasteiger partial charge in [-0.15, -0.1) is 24.0 Å². The predicted octanol–water partition coefficient (Wildman–Crippen LogP) is 1.73. The molecule has 1 aromatic carbocycles. The number of nitrogens with one attached hydrogen (secondary N) is 3. The first-order valence-electron chi connectivity index (χ1n) is 7.95. The molecule has 1 aromatic rings. The molecule has 0 aliphatic carbocycles. The SMILES string of the molecule is CCS(=O)(=O)NCCNC(=NC)NC(C)CCc1ccccc1.I. The van der Waals surface area contributed by atoms with Crippen molar-refractivity contribution in [2.24, 2.45) is 4.99 Å². The molecule has 0 amide bonds. The molecule has 0 spiro atoms. The second kappa shape index (κ2) is 12.5. The van der Waals surface area contributed by atoms with Crippen molar-refractivity contribution in [3.63, 3.8) is 0 Å². The first kappa shape index (κ1) is 23.1. The van der Waals surface area contributed by atoms with Gasteiger partial charge in [-0.3, -0.25) is 4.99 Å². The summed E-state index contributed by atoms with van der Waals surface area (Å²) in [5.74, 6) is 0.775. The third kappa shape index (κ3) is 10.1. The zero-order valence-electron chi connectivity index (χ0n) is 14.6. The van der Waals surface area contributed by atoms with Crippen molar-refractivity contribution in [3.8, 4) is 0 Å². The van der Waals surface area contributed by atoms with Crippen LogP contribution in [0.4, 0.5) is 0 Å². The topological polar surface area (TPSA) is 82.6 Å². The van der Waals surface area contributed by atoms with Gasteiger partial charge in [0.2, 0.25) is 10.0 Å². The van der Waals surface area contributed by atoms with Gasteiger partial charge in [0, 0.05) is 26.2 Å². The number of aryl methyl sites for hydroxylation is 1. The van der Waals surface area contributed by atoms with Crippen molar-refractivity contribution in [1.29, 1.82) is 0 Å². The molecule has 1 atom stereocenters. The van der Waals surface area contributed by atoms with Crippen LogP contribution in [-0.2, 0) is 16.4 Å². The van der Waals surface area contributed by atoms with Crippen molar-refractivity contribution in [2.75, 3.05) is 25.9 Å². The van der Waals surface area contributed by atoms with Crippen molar-refractivity contribution >= 4 is 40.0 Å². The van der Waals surface area contributed by atoms with Crippen LogP contribution in [0, 0.1) is 0 Å². The number of halogens is 1. The summed E-state index contributed by atoms with van der Waals surface area (Å²) in [4.78, 5) is 4.15. The summed E-state index contributed by atoms with van der Waals surface area (Å²) in [6, 6.07) is 10.6. The third-order valence-electron chi connectivity index (χ3n) is 3.44. The second-order valence-corrected chi connectivity index (χ2v) is 7.46. The Morgan fingerprint density at radius 2 is 1.88 bits per heavy atom. The summed E-state index contributed by atoms with van der Waals surface area (Å²) >= 11 is 0. The molecule has 0 fully saturated rings. The van der Waals surface area contributed by atoms with E-state index in [9.17, 15) is 8.42 Å². The first-order valence-corrected chi connectivity index (χ1v) is 9.60. The molecule has 0 saturated carbocycles. The largest absolute Gasteiger partial charge is 0.355 e. The maximum Gasteiger partial charge on any atom is 0.211 e. The molecule has 24 heavy (non-hydrogen) atoms. The van der Waals surface area contributed by atoms with Gasteiger partial charge in [0.25, 0.3) is 0 Å². The van der Waals surface area contributed by atoms with E-state index in [0.717, 1.165) is 12.8 Å². The van der Waals surface area contributed by atoms with Crippen LogP contribution in [0.3, 0.4) is 0 Å². The minimum absolute atomic E-state index is 0. The summed E-state index contributed by atoms with van der Waals surface area (Å²) < 4.78 is 25.2. The molecule has 1 unspecified atom stereocenters. The summed E-state index contributed by atoms with van der Waals surface area (Å²) in [6.07, 6.45) is 2.00. The van der Waals surface area contributed by atoms with Gasteiger partial charge >= 0.3 is 0 Å². The fourth-order valence-electron chi connectivity index (χ4n) is 2.02. The highest BCUT2D eigenvalue weighted by molar-refractivity contribution is 14.0. The normalized spacial score (nSPS) is 13.0. The number of hydrogen-bond acceptors (Lipinski definition) is 3. The van der Waals surface area contributed by atoms with E-state index < -0.39 is 10.0 Å². The van der Waals surface area contributed by atoms with Crippen LogP contribution in [0.2, 0.25) is 0 Å². The molecule has 0 bridgehead atoms. The Hall–Kier alpha value is -0.870. The molecule has 1 rings (SSSR count). The van der Waals surface area contributed by atoms with Gasteiger partial charge in [-0.1, -0.05) is 30.3 Å².